The lowest BCUT2D eigenvalue weighted by Crippen LogP contribution is -2.46. The number of nitrogens with zero attached hydrogens (tertiary/aromatic N) is 1. The fourth-order valence-corrected chi connectivity index (χ4v) is 4.02. The third-order valence-corrected chi connectivity index (χ3v) is 5.41. The minimum absolute atomic E-state index is 0.0167. The Hall–Kier alpha value is -2.05. The van der Waals surface area contributed by atoms with Gasteiger partial charge in [-0.25, -0.2) is 0 Å². The molecule has 1 aliphatic heterocycles. The van der Waals surface area contributed by atoms with Gasteiger partial charge in [0.05, 0.1) is 13.2 Å². The number of aliphatic hydroxyl groups is 1. The van der Waals surface area contributed by atoms with Crippen molar-refractivity contribution in [2.45, 2.75) is 19.0 Å². The number of halogens is 2. The number of aliphatic hydroxyl groups excluding tert-OH is 1. The molecule has 1 amide bonds. The Balaban J connectivity index is 1.53. The number of nitrogens with one attached hydrogen (secondary N) is 2. The molecule has 27 heavy (non-hydrogen) atoms. The predicted molar refractivity (Wildman–Crippen MR) is 108 cm³/mol. The number of hydrogen-bond donors (Lipinski definition) is 3. The monoisotopic (exact) mass is 403 g/mol. The molecule has 5 nitrogen and oxygen atoms in total. The second-order valence-electron chi connectivity index (χ2n) is 6.78. The second-order valence-corrected chi connectivity index (χ2v) is 7.65. The molecule has 1 atom stereocenters. The van der Waals surface area contributed by atoms with Crippen molar-refractivity contribution in [3.05, 3.63) is 63.8 Å². The van der Waals surface area contributed by atoms with Gasteiger partial charge in [0.15, 0.2) is 0 Å². The molecule has 0 aliphatic carbocycles. The highest BCUT2D eigenvalue weighted by Crippen LogP contribution is 2.31. The van der Waals surface area contributed by atoms with Gasteiger partial charge in [0.2, 0.25) is 5.91 Å². The lowest BCUT2D eigenvalue weighted by Gasteiger charge is -2.34. The van der Waals surface area contributed by atoms with E-state index in [1.165, 1.54) is 0 Å². The zero-order chi connectivity index (χ0) is 19.0. The van der Waals surface area contributed by atoms with Crippen LogP contribution < -0.4 is 5.32 Å². The average molecular weight is 404 g/mol. The summed E-state index contributed by atoms with van der Waals surface area (Å²) in [6, 6.07) is 12.7. The van der Waals surface area contributed by atoms with Gasteiger partial charge in [-0.1, -0.05) is 29.3 Å². The third-order valence-electron chi connectivity index (χ3n) is 4.94. The zero-order valence-corrected chi connectivity index (χ0v) is 16.0. The summed E-state index contributed by atoms with van der Waals surface area (Å²) in [5.41, 5.74) is 3.91. The number of benzene rings is 2. The largest absolute Gasteiger partial charge is 0.395 e. The molecule has 0 saturated heterocycles. The van der Waals surface area contributed by atoms with E-state index in [4.69, 9.17) is 23.2 Å². The number of anilines is 1. The van der Waals surface area contributed by atoms with Crippen LogP contribution in [0.2, 0.25) is 10.0 Å². The smallest absolute Gasteiger partial charge is 0.238 e. The van der Waals surface area contributed by atoms with Crippen LogP contribution in [0.1, 0.15) is 11.3 Å². The van der Waals surface area contributed by atoms with Crippen LogP contribution in [0.5, 0.6) is 0 Å². The summed E-state index contributed by atoms with van der Waals surface area (Å²) < 4.78 is 0. The highest BCUT2D eigenvalue weighted by molar-refractivity contribution is 6.31. The summed E-state index contributed by atoms with van der Waals surface area (Å²) in [4.78, 5) is 17.9. The molecule has 0 radical (unpaired) electrons. The molecule has 3 aromatic rings. The molecule has 4 rings (SSSR count). The molecule has 1 aromatic heterocycles. The molecule has 1 unspecified atom stereocenters. The fraction of sp³-hybridized carbons (Fsp3) is 0.250. The molecule has 3 N–H and O–H groups in total. The van der Waals surface area contributed by atoms with Crippen molar-refractivity contribution < 1.29 is 9.90 Å². The number of rotatable bonds is 4. The number of hydrogen-bond acceptors (Lipinski definition) is 3. The van der Waals surface area contributed by atoms with Crippen molar-refractivity contribution in [3.8, 4) is 0 Å². The van der Waals surface area contributed by atoms with Gasteiger partial charge in [-0.2, -0.15) is 0 Å². The van der Waals surface area contributed by atoms with Crippen LogP contribution in [0.3, 0.4) is 0 Å². The summed E-state index contributed by atoms with van der Waals surface area (Å²) >= 11 is 12.1. The summed E-state index contributed by atoms with van der Waals surface area (Å²) in [5.74, 6) is -0.140. The molecule has 0 bridgehead atoms. The summed E-state index contributed by atoms with van der Waals surface area (Å²) in [6.45, 7) is 0.736. The Morgan fingerprint density at radius 2 is 2.04 bits per heavy atom. The normalized spacial score (nSPS) is 17.1. The maximum absolute atomic E-state index is 12.5. The van der Waals surface area contributed by atoms with Gasteiger partial charge in [0, 0.05) is 44.9 Å². The van der Waals surface area contributed by atoms with Crippen molar-refractivity contribution in [1.82, 2.24) is 9.88 Å². The number of carbonyl (C=O) groups is 1. The number of carbonyl (C=O) groups excluding carboxylic acids is 1. The lowest BCUT2D eigenvalue weighted by molar-refractivity contribution is -0.118. The Labute approximate surface area is 166 Å². The lowest BCUT2D eigenvalue weighted by atomic mass is 9.97. The molecule has 1 aliphatic rings. The highest BCUT2D eigenvalue weighted by Gasteiger charge is 2.29. The van der Waals surface area contributed by atoms with E-state index < -0.39 is 0 Å². The minimum Gasteiger partial charge on any atom is -0.395 e. The first-order valence-electron chi connectivity index (χ1n) is 8.73. The van der Waals surface area contributed by atoms with Crippen LogP contribution in [0.4, 0.5) is 5.69 Å². The first-order chi connectivity index (χ1) is 13.0. The third kappa shape index (κ3) is 3.82. The molecule has 0 spiro atoms. The van der Waals surface area contributed by atoms with Crippen LogP contribution >= 0.6 is 23.2 Å². The van der Waals surface area contributed by atoms with Crippen molar-refractivity contribution in [2.24, 2.45) is 0 Å². The van der Waals surface area contributed by atoms with Gasteiger partial charge < -0.3 is 15.4 Å². The highest BCUT2D eigenvalue weighted by atomic mass is 35.5. The SMILES string of the molecule is O=C(CN1Cc2[nH]c3ccc(Cl)cc3c2CC1CO)Nc1cccc(Cl)c1. The van der Waals surface area contributed by atoms with Crippen LogP contribution in [0.25, 0.3) is 10.9 Å². The number of fused-ring (bicyclic) bond motifs is 3. The molecule has 0 saturated carbocycles. The summed E-state index contributed by atoms with van der Waals surface area (Å²) in [7, 11) is 0. The maximum Gasteiger partial charge on any atom is 0.238 e. The standard InChI is InChI=1S/C20H19Cl2N3O2/c21-12-2-1-3-14(6-12)23-20(27)10-25-9-19-17(8-15(25)11-26)16-7-13(22)4-5-18(16)24-19/h1-7,15,24,26H,8-11H2,(H,23,27). The second kappa shape index (κ2) is 7.52. The van der Waals surface area contributed by atoms with E-state index in [0.717, 1.165) is 22.2 Å². The Kier molecular flexibility index (Phi) is 5.10. The molecule has 2 aromatic carbocycles. The van der Waals surface area contributed by atoms with Crippen LogP contribution in [0, 0.1) is 0 Å². The first kappa shape index (κ1) is 18.3. The van der Waals surface area contributed by atoms with Crippen LogP contribution in [-0.4, -0.2) is 40.1 Å². The van der Waals surface area contributed by atoms with Gasteiger partial charge >= 0.3 is 0 Å². The zero-order valence-electron chi connectivity index (χ0n) is 14.5. The molecule has 2 heterocycles. The van der Waals surface area contributed by atoms with Crippen molar-refractivity contribution in [2.75, 3.05) is 18.5 Å². The number of aromatic nitrogens is 1. The van der Waals surface area contributed by atoms with Gasteiger partial charge in [0.1, 0.15) is 0 Å². The van der Waals surface area contributed by atoms with Crippen molar-refractivity contribution in [1.29, 1.82) is 0 Å². The van der Waals surface area contributed by atoms with E-state index in [1.807, 2.05) is 23.1 Å². The van der Waals surface area contributed by atoms with Crippen molar-refractivity contribution in [3.63, 3.8) is 0 Å². The molecule has 0 fully saturated rings. The van der Waals surface area contributed by atoms with Gasteiger partial charge in [-0.3, -0.25) is 9.69 Å². The van der Waals surface area contributed by atoms with E-state index in [-0.39, 0.29) is 25.1 Å². The predicted octanol–water partition coefficient (Wildman–Crippen LogP) is 3.83. The number of aromatic amines is 1. The van der Waals surface area contributed by atoms with E-state index in [1.54, 1.807) is 24.3 Å². The maximum atomic E-state index is 12.5. The summed E-state index contributed by atoms with van der Waals surface area (Å²) in [6.07, 6.45) is 0.663. The summed E-state index contributed by atoms with van der Waals surface area (Å²) in [5, 5.41) is 15.1. The molecule has 140 valence electrons. The number of H-pyrrole nitrogens is 1. The quantitative estimate of drug-likeness (QED) is 0.619. The first-order valence-corrected chi connectivity index (χ1v) is 9.48. The fourth-order valence-electron chi connectivity index (χ4n) is 3.66. The molecular weight excluding hydrogens is 385 g/mol. The minimum atomic E-state index is -0.140. The Morgan fingerprint density at radius 3 is 2.81 bits per heavy atom. The van der Waals surface area contributed by atoms with Gasteiger partial charge in [-0.05, 0) is 48.4 Å². The number of amides is 1. The van der Waals surface area contributed by atoms with E-state index in [2.05, 4.69) is 10.3 Å². The van der Waals surface area contributed by atoms with Gasteiger partial charge in [-0.15, -0.1) is 0 Å². The molecule has 7 heteroatoms. The van der Waals surface area contributed by atoms with E-state index in [0.29, 0.717) is 28.7 Å². The van der Waals surface area contributed by atoms with E-state index in [9.17, 15) is 9.90 Å². The van der Waals surface area contributed by atoms with E-state index >= 15 is 0 Å². The molecular formula is C20H19Cl2N3O2. The Morgan fingerprint density at radius 1 is 1.22 bits per heavy atom. The average Bonchev–Trinajstić information content (AvgIpc) is 2.97. The Bertz CT molecular complexity index is 1000. The van der Waals surface area contributed by atoms with Gasteiger partial charge in [0.25, 0.3) is 0 Å². The van der Waals surface area contributed by atoms with Crippen LogP contribution in [-0.2, 0) is 17.8 Å². The topological polar surface area (TPSA) is 68.4 Å². The van der Waals surface area contributed by atoms with Crippen molar-refractivity contribution >= 4 is 45.7 Å². The van der Waals surface area contributed by atoms with Crippen LogP contribution in [0.15, 0.2) is 42.5 Å².